The van der Waals surface area contributed by atoms with Crippen LogP contribution in [-0.4, -0.2) is 39.6 Å². The molecule has 4 rings (SSSR count). The van der Waals surface area contributed by atoms with Crippen LogP contribution in [0.2, 0.25) is 0 Å². The molecule has 3 aromatic carbocycles. The summed E-state index contributed by atoms with van der Waals surface area (Å²) < 4.78 is 1.81. The third-order valence-electron chi connectivity index (χ3n) is 7.29. The molecule has 0 saturated carbocycles. The number of aromatic nitrogens is 2. The van der Waals surface area contributed by atoms with Crippen molar-refractivity contribution in [3.05, 3.63) is 113 Å². The summed E-state index contributed by atoms with van der Waals surface area (Å²) in [5.41, 5.74) is 5.63. The van der Waals surface area contributed by atoms with Crippen molar-refractivity contribution >= 4 is 17.6 Å². The Balaban J connectivity index is 1.67. The number of hydrogen-bond donors (Lipinski definition) is 1. The second kappa shape index (κ2) is 12.5. The quantitative estimate of drug-likeness (QED) is 0.243. The molecule has 0 fully saturated rings. The van der Waals surface area contributed by atoms with E-state index in [1.807, 2.05) is 83.5 Å². The van der Waals surface area contributed by atoms with E-state index in [-0.39, 0.29) is 29.7 Å². The largest absolute Gasteiger partial charge is 0.332 e. The van der Waals surface area contributed by atoms with E-state index in [4.69, 9.17) is 5.10 Å². The van der Waals surface area contributed by atoms with Gasteiger partial charge in [0.1, 0.15) is 5.82 Å². The van der Waals surface area contributed by atoms with Gasteiger partial charge in [-0.05, 0) is 48.1 Å². The summed E-state index contributed by atoms with van der Waals surface area (Å²) in [6.45, 7) is 15.0. The van der Waals surface area contributed by atoms with Crippen LogP contribution >= 0.6 is 0 Å². The van der Waals surface area contributed by atoms with Gasteiger partial charge in [0, 0.05) is 18.0 Å². The monoisotopic (exact) mass is 550 g/mol. The molecule has 2 amide bonds. The molecular weight excluding hydrogens is 508 g/mol. The van der Waals surface area contributed by atoms with Crippen molar-refractivity contribution in [3.8, 4) is 5.69 Å². The maximum absolute atomic E-state index is 14.2. The predicted molar refractivity (Wildman–Crippen MR) is 167 cm³/mol. The Hall–Kier alpha value is -4.19. The number of nitrogens with zero attached hydrogens (tertiary/aromatic N) is 3. The van der Waals surface area contributed by atoms with Crippen LogP contribution in [-0.2, 0) is 15.0 Å². The molecule has 41 heavy (non-hydrogen) atoms. The van der Waals surface area contributed by atoms with Gasteiger partial charge in [0.2, 0.25) is 11.8 Å². The van der Waals surface area contributed by atoms with E-state index in [0.29, 0.717) is 12.4 Å². The van der Waals surface area contributed by atoms with Crippen molar-refractivity contribution in [2.75, 3.05) is 18.4 Å². The summed E-state index contributed by atoms with van der Waals surface area (Å²) in [5.74, 6) is -0.0764. The number of amides is 2. The maximum atomic E-state index is 14.2. The molecular formula is C35H42N4O2. The molecule has 1 aromatic heterocycles. The number of rotatable bonds is 9. The molecule has 1 heterocycles. The summed E-state index contributed by atoms with van der Waals surface area (Å²) in [6, 6.07) is 27.6. The number of aryl methyl sites for hydroxylation is 1. The number of nitrogens with one attached hydrogen (secondary N) is 1. The van der Waals surface area contributed by atoms with Crippen LogP contribution in [0.15, 0.2) is 84.9 Å². The van der Waals surface area contributed by atoms with Gasteiger partial charge in [-0.3, -0.25) is 9.59 Å². The van der Waals surface area contributed by atoms with Gasteiger partial charge in [0.15, 0.2) is 0 Å². The van der Waals surface area contributed by atoms with E-state index in [2.05, 4.69) is 59.8 Å². The van der Waals surface area contributed by atoms with Gasteiger partial charge in [-0.25, -0.2) is 4.68 Å². The third-order valence-corrected chi connectivity index (χ3v) is 7.29. The number of anilines is 1. The van der Waals surface area contributed by atoms with Gasteiger partial charge in [-0.2, -0.15) is 5.10 Å². The van der Waals surface area contributed by atoms with Gasteiger partial charge in [-0.15, -0.1) is 0 Å². The van der Waals surface area contributed by atoms with Gasteiger partial charge < -0.3 is 10.2 Å². The van der Waals surface area contributed by atoms with E-state index < -0.39 is 5.92 Å². The van der Waals surface area contributed by atoms with Crippen LogP contribution in [0.25, 0.3) is 5.69 Å². The fraction of sp³-hybridized carbons (Fsp3) is 0.343. The lowest BCUT2D eigenvalue weighted by Crippen LogP contribution is -2.43. The first-order chi connectivity index (χ1) is 19.5. The molecule has 6 heteroatoms. The van der Waals surface area contributed by atoms with Crippen molar-refractivity contribution < 1.29 is 9.59 Å². The number of carbonyl (C=O) groups excluding carboxylic acids is 2. The zero-order valence-corrected chi connectivity index (χ0v) is 25.3. The van der Waals surface area contributed by atoms with Crippen LogP contribution in [0.4, 0.5) is 5.82 Å². The lowest BCUT2D eigenvalue weighted by Gasteiger charge is -2.29. The van der Waals surface area contributed by atoms with Crippen LogP contribution < -0.4 is 5.32 Å². The molecule has 0 saturated heterocycles. The molecule has 0 atom stereocenters. The Bertz CT molecular complexity index is 1440. The third kappa shape index (κ3) is 7.12. The predicted octanol–water partition coefficient (Wildman–Crippen LogP) is 7.04. The second-order valence-electron chi connectivity index (χ2n) is 12.2. The first kappa shape index (κ1) is 29.8. The number of benzene rings is 3. The molecule has 0 unspecified atom stereocenters. The first-order valence-electron chi connectivity index (χ1n) is 14.3. The minimum atomic E-state index is -0.503. The lowest BCUT2D eigenvalue weighted by atomic mass is 9.89. The molecule has 214 valence electrons. The van der Waals surface area contributed by atoms with Crippen molar-refractivity contribution in [2.45, 2.75) is 59.8 Å². The summed E-state index contributed by atoms with van der Waals surface area (Å²) in [5, 5.41) is 7.99. The minimum Gasteiger partial charge on any atom is -0.332 e. The summed E-state index contributed by atoms with van der Waals surface area (Å²) in [6.07, 6.45) is 0. The SMILES string of the molecule is Cc1cccc(-n2nc(C(C)(C)C)cc2NC(=O)CN(CC(C)C)C(=O)C(c2ccccc2)c2ccccc2)c1C. The highest BCUT2D eigenvalue weighted by Gasteiger charge is 2.30. The Morgan fingerprint density at radius 2 is 1.46 bits per heavy atom. The lowest BCUT2D eigenvalue weighted by molar-refractivity contribution is -0.135. The molecule has 0 bridgehead atoms. The molecule has 0 aliphatic rings. The molecule has 0 radical (unpaired) electrons. The fourth-order valence-corrected chi connectivity index (χ4v) is 4.97. The molecule has 1 N–H and O–H groups in total. The fourth-order valence-electron chi connectivity index (χ4n) is 4.97. The molecule has 6 nitrogen and oxygen atoms in total. The Kier molecular flexibility index (Phi) is 9.11. The number of hydrogen-bond acceptors (Lipinski definition) is 3. The van der Waals surface area contributed by atoms with E-state index in [0.717, 1.165) is 33.6 Å². The highest BCUT2D eigenvalue weighted by molar-refractivity contribution is 5.96. The van der Waals surface area contributed by atoms with E-state index in [9.17, 15) is 9.59 Å². The van der Waals surface area contributed by atoms with Crippen LogP contribution in [0.5, 0.6) is 0 Å². The van der Waals surface area contributed by atoms with Crippen molar-refractivity contribution in [1.29, 1.82) is 0 Å². The zero-order valence-electron chi connectivity index (χ0n) is 25.3. The normalized spacial score (nSPS) is 11.6. The molecule has 4 aromatic rings. The standard InChI is InChI=1S/C35H42N4O2/c1-24(2)22-38(34(41)33(27-16-10-8-11-17-27)28-18-12-9-13-19-28)23-32(40)36-31-21-30(35(5,6)7)37-39(31)29-20-14-15-25(3)26(29)4/h8-21,24,33H,22-23H2,1-7H3,(H,36,40). The average Bonchev–Trinajstić information content (AvgIpc) is 3.35. The minimum absolute atomic E-state index is 0.0595. The first-order valence-corrected chi connectivity index (χ1v) is 14.3. The van der Waals surface area contributed by atoms with Crippen molar-refractivity contribution in [1.82, 2.24) is 14.7 Å². The smallest absolute Gasteiger partial charge is 0.245 e. The Labute approximate surface area is 244 Å². The summed E-state index contributed by atoms with van der Waals surface area (Å²) in [4.78, 5) is 29.5. The topological polar surface area (TPSA) is 67.2 Å². The van der Waals surface area contributed by atoms with Gasteiger partial charge in [-0.1, -0.05) is 107 Å². The van der Waals surface area contributed by atoms with Gasteiger partial charge >= 0.3 is 0 Å². The van der Waals surface area contributed by atoms with Crippen LogP contribution in [0.1, 0.15) is 68.5 Å². The second-order valence-corrected chi connectivity index (χ2v) is 12.2. The molecule has 0 spiro atoms. The van der Waals surface area contributed by atoms with Gasteiger partial charge in [0.25, 0.3) is 0 Å². The van der Waals surface area contributed by atoms with Crippen LogP contribution in [0, 0.1) is 19.8 Å². The number of carbonyl (C=O) groups is 2. The van der Waals surface area contributed by atoms with Crippen LogP contribution in [0.3, 0.4) is 0 Å². The molecule has 0 aliphatic carbocycles. The Morgan fingerprint density at radius 1 is 0.878 bits per heavy atom. The summed E-state index contributed by atoms with van der Waals surface area (Å²) >= 11 is 0. The Morgan fingerprint density at radius 3 is 2.00 bits per heavy atom. The van der Waals surface area contributed by atoms with E-state index >= 15 is 0 Å². The van der Waals surface area contributed by atoms with E-state index in [1.165, 1.54) is 0 Å². The average molecular weight is 551 g/mol. The zero-order chi connectivity index (χ0) is 29.7. The van der Waals surface area contributed by atoms with Gasteiger partial charge in [0.05, 0.1) is 23.8 Å². The summed E-state index contributed by atoms with van der Waals surface area (Å²) in [7, 11) is 0. The van der Waals surface area contributed by atoms with Crippen molar-refractivity contribution in [3.63, 3.8) is 0 Å². The highest BCUT2D eigenvalue weighted by Crippen LogP contribution is 2.29. The van der Waals surface area contributed by atoms with Crippen molar-refractivity contribution in [2.24, 2.45) is 5.92 Å². The highest BCUT2D eigenvalue weighted by atomic mass is 16.2. The van der Waals surface area contributed by atoms with E-state index in [1.54, 1.807) is 4.90 Å². The molecule has 0 aliphatic heterocycles. The maximum Gasteiger partial charge on any atom is 0.245 e.